The summed E-state index contributed by atoms with van der Waals surface area (Å²) >= 11 is 0. The molecule has 0 amide bonds. The van der Waals surface area contributed by atoms with Crippen molar-refractivity contribution in [3.05, 3.63) is 87.9 Å². The molecule has 1 unspecified atom stereocenters. The van der Waals surface area contributed by atoms with E-state index in [0.29, 0.717) is 17.3 Å². The molecule has 7 nitrogen and oxygen atoms in total. The first-order valence-corrected chi connectivity index (χ1v) is 14.6. The Balaban J connectivity index is 2.13. The Bertz CT molecular complexity index is 1450. The van der Waals surface area contributed by atoms with Crippen molar-refractivity contribution in [2.45, 2.75) is 72.4 Å². The number of rotatable bonds is 9. The molecule has 0 saturated carbocycles. The highest BCUT2D eigenvalue weighted by atomic mass is 16.5. The van der Waals surface area contributed by atoms with E-state index in [9.17, 15) is 5.11 Å². The van der Waals surface area contributed by atoms with Gasteiger partial charge in [0.1, 0.15) is 5.65 Å². The Hall–Kier alpha value is -3.39. The Morgan fingerprint density at radius 2 is 1.83 bits per heavy atom. The molecule has 0 radical (unpaired) electrons. The van der Waals surface area contributed by atoms with Crippen LogP contribution in [0.1, 0.15) is 82.4 Å². The minimum atomic E-state index is -1.03. The number of benzene rings is 1. The number of pyridine rings is 1. The van der Waals surface area contributed by atoms with Crippen LogP contribution in [0.25, 0.3) is 22.8 Å². The molecule has 1 fully saturated rings. The molecule has 1 aromatic carbocycles. The van der Waals surface area contributed by atoms with Crippen LogP contribution < -0.4 is 11.6 Å². The predicted octanol–water partition coefficient (Wildman–Crippen LogP) is 6.32. The lowest BCUT2D eigenvalue weighted by Crippen LogP contribution is -2.28. The molecule has 0 spiro atoms. The van der Waals surface area contributed by atoms with Crippen LogP contribution in [0.2, 0.25) is 0 Å². The van der Waals surface area contributed by atoms with Crippen LogP contribution in [0.4, 0.5) is 0 Å². The average molecular weight is 558 g/mol. The molecule has 1 aliphatic rings. The number of fused-ring (bicyclic) bond motifs is 1. The average Bonchev–Trinajstić information content (AvgIpc) is 3.19. The van der Waals surface area contributed by atoms with Gasteiger partial charge in [-0.05, 0) is 94.7 Å². The summed E-state index contributed by atoms with van der Waals surface area (Å²) in [5.74, 6) is 6.57. The van der Waals surface area contributed by atoms with Crippen LogP contribution in [-0.2, 0) is 4.74 Å². The van der Waals surface area contributed by atoms with E-state index in [1.54, 1.807) is 7.05 Å². The first-order valence-electron chi connectivity index (χ1n) is 14.6. The summed E-state index contributed by atoms with van der Waals surface area (Å²) in [5, 5.41) is 13.9. The summed E-state index contributed by atoms with van der Waals surface area (Å²) in [6, 6.07) is 14.8. The molecular weight excluding hydrogens is 510 g/mol. The van der Waals surface area contributed by atoms with Gasteiger partial charge in [0, 0.05) is 37.0 Å². The molecule has 2 aromatic heterocycles. The van der Waals surface area contributed by atoms with Gasteiger partial charge in [0.05, 0.1) is 23.0 Å². The predicted molar refractivity (Wildman–Crippen MR) is 170 cm³/mol. The number of hydrazine groups is 1. The third-order valence-corrected chi connectivity index (χ3v) is 8.21. The van der Waals surface area contributed by atoms with Gasteiger partial charge in [0.2, 0.25) is 0 Å². The van der Waals surface area contributed by atoms with Crippen molar-refractivity contribution in [1.29, 1.82) is 0 Å². The van der Waals surface area contributed by atoms with Crippen molar-refractivity contribution >= 4 is 22.8 Å². The van der Waals surface area contributed by atoms with E-state index < -0.39 is 5.60 Å². The van der Waals surface area contributed by atoms with Crippen LogP contribution in [0.15, 0.2) is 65.4 Å². The highest BCUT2D eigenvalue weighted by molar-refractivity contribution is 5.87. The molecular formula is C34H47N5O2. The highest BCUT2D eigenvalue weighted by Crippen LogP contribution is 2.40. The monoisotopic (exact) mass is 557 g/mol. The topological polar surface area (TPSA) is 103 Å². The standard InChI is InChI=1S/C34H47N5O2/c1-8-22(2)20-27(34(5,6)40)21-30-23(3)28-14-15-29(31(24(4)35)38(7)36)37-33(28)39(30)32(25-12-10-9-11-13-25)26-16-18-41-19-17-26/h9-15,20-21,26,32,40H,8,16-19,35-36H2,1-7H3/b22-20-,27-21+,31-24-. The van der Waals surface area contributed by atoms with E-state index in [1.807, 2.05) is 26.8 Å². The number of aryl methyl sites for hydroxylation is 1. The number of aromatic nitrogens is 2. The number of hydrogen-bond acceptors (Lipinski definition) is 6. The molecule has 4 rings (SSSR count). The van der Waals surface area contributed by atoms with Crippen LogP contribution >= 0.6 is 0 Å². The smallest absolute Gasteiger partial charge is 0.142 e. The number of ether oxygens (including phenoxy) is 1. The van der Waals surface area contributed by atoms with E-state index in [-0.39, 0.29) is 6.04 Å². The molecule has 5 N–H and O–H groups in total. The van der Waals surface area contributed by atoms with Crippen molar-refractivity contribution in [2.24, 2.45) is 17.5 Å². The van der Waals surface area contributed by atoms with Gasteiger partial charge < -0.3 is 25.2 Å². The number of nitrogens with two attached hydrogens (primary N) is 2. The van der Waals surface area contributed by atoms with Crippen molar-refractivity contribution in [3.8, 4) is 0 Å². The van der Waals surface area contributed by atoms with Crippen molar-refractivity contribution < 1.29 is 9.84 Å². The van der Waals surface area contributed by atoms with E-state index in [4.69, 9.17) is 21.3 Å². The Morgan fingerprint density at radius 3 is 2.39 bits per heavy atom. The normalized spacial score (nSPS) is 17.1. The van der Waals surface area contributed by atoms with Gasteiger partial charge >= 0.3 is 0 Å². The fraction of sp³-hybridized carbons (Fsp3) is 0.441. The molecule has 3 aromatic rings. The second-order valence-electron chi connectivity index (χ2n) is 11.9. The SMILES string of the molecule is CC/C(C)=C\C(=C/c1c(C)c2ccc(/C(=C(\C)N)N(C)N)nc2n1C(c1ccccc1)C1CCOCC1)C(C)(C)O. The number of hydrogen-bond donors (Lipinski definition) is 3. The van der Waals surface area contributed by atoms with Crippen molar-refractivity contribution in [3.63, 3.8) is 0 Å². The summed E-state index contributed by atoms with van der Waals surface area (Å²) in [7, 11) is 1.78. The minimum absolute atomic E-state index is 0.0200. The fourth-order valence-corrected chi connectivity index (χ4v) is 5.83. The minimum Gasteiger partial charge on any atom is -0.400 e. The Labute approximate surface area is 245 Å². The molecule has 220 valence electrons. The Morgan fingerprint density at radius 1 is 1.17 bits per heavy atom. The zero-order valence-electron chi connectivity index (χ0n) is 25.7. The zero-order valence-corrected chi connectivity index (χ0v) is 25.7. The second-order valence-corrected chi connectivity index (χ2v) is 11.9. The van der Waals surface area contributed by atoms with E-state index >= 15 is 0 Å². The first kappa shape index (κ1) is 30.6. The lowest BCUT2D eigenvalue weighted by Gasteiger charge is -2.33. The highest BCUT2D eigenvalue weighted by Gasteiger charge is 2.32. The molecule has 41 heavy (non-hydrogen) atoms. The largest absolute Gasteiger partial charge is 0.400 e. The summed E-state index contributed by atoms with van der Waals surface area (Å²) in [6.07, 6.45) is 7.09. The lowest BCUT2D eigenvalue weighted by molar-refractivity contribution is 0.0546. The second kappa shape index (κ2) is 12.6. The maximum absolute atomic E-state index is 11.3. The van der Waals surface area contributed by atoms with Crippen molar-refractivity contribution in [2.75, 3.05) is 20.3 Å². The van der Waals surface area contributed by atoms with E-state index in [0.717, 1.165) is 66.0 Å². The van der Waals surface area contributed by atoms with Gasteiger partial charge in [-0.1, -0.05) is 48.9 Å². The molecule has 3 heterocycles. The molecule has 1 atom stereocenters. The molecule has 0 bridgehead atoms. The number of allylic oxidation sites excluding steroid dienone is 2. The summed E-state index contributed by atoms with van der Waals surface area (Å²) in [5.41, 5.74) is 13.6. The third-order valence-electron chi connectivity index (χ3n) is 8.21. The summed E-state index contributed by atoms with van der Waals surface area (Å²) in [4.78, 5) is 5.25. The zero-order chi connectivity index (χ0) is 29.9. The summed E-state index contributed by atoms with van der Waals surface area (Å²) < 4.78 is 8.19. The van der Waals surface area contributed by atoms with Crippen LogP contribution in [0.5, 0.6) is 0 Å². The fourth-order valence-electron chi connectivity index (χ4n) is 5.83. The maximum Gasteiger partial charge on any atom is 0.142 e. The van der Waals surface area contributed by atoms with Gasteiger partial charge in [-0.3, -0.25) is 0 Å². The van der Waals surface area contributed by atoms with Gasteiger partial charge in [-0.25, -0.2) is 10.8 Å². The lowest BCUT2D eigenvalue weighted by atomic mass is 9.86. The van der Waals surface area contributed by atoms with Gasteiger partial charge in [-0.15, -0.1) is 0 Å². The maximum atomic E-state index is 11.3. The van der Waals surface area contributed by atoms with E-state index in [1.165, 1.54) is 16.1 Å². The number of nitrogens with zero attached hydrogens (tertiary/aromatic N) is 3. The number of aliphatic hydroxyl groups is 1. The van der Waals surface area contributed by atoms with Crippen LogP contribution in [-0.4, -0.2) is 45.5 Å². The molecule has 7 heteroatoms. The van der Waals surface area contributed by atoms with E-state index in [2.05, 4.69) is 73.9 Å². The first-order chi connectivity index (χ1) is 19.4. The van der Waals surface area contributed by atoms with Gasteiger partial charge in [0.25, 0.3) is 0 Å². The summed E-state index contributed by atoms with van der Waals surface area (Å²) in [6.45, 7) is 13.4. The molecule has 1 aliphatic heterocycles. The Kier molecular flexibility index (Phi) is 9.42. The quantitative estimate of drug-likeness (QED) is 0.162. The van der Waals surface area contributed by atoms with Gasteiger partial charge in [-0.2, -0.15) is 0 Å². The molecule has 1 saturated heterocycles. The van der Waals surface area contributed by atoms with Gasteiger partial charge in [0.15, 0.2) is 0 Å². The third kappa shape index (κ3) is 6.58. The van der Waals surface area contributed by atoms with Crippen LogP contribution in [0.3, 0.4) is 0 Å². The van der Waals surface area contributed by atoms with Crippen molar-refractivity contribution in [1.82, 2.24) is 14.6 Å². The van der Waals surface area contributed by atoms with Crippen LogP contribution in [0, 0.1) is 12.8 Å². The molecule has 0 aliphatic carbocycles.